The van der Waals surface area contributed by atoms with Gasteiger partial charge in [0.05, 0.1) is 6.04 Å². The number of nitrogens with zero attached hydrogens (tertiary/aromatic N) is 1. The van der Waals surface area contributed by atoms with Crippen LogP contribution in [0, 0.1) is 5.92 Å². The second-order valence-electron chi connectivity index (χ2n) is 7.15. The third-order valence-corrected chi connectivity index (χ3v) is 5.39. The summed E-state index contributed by atoms with van der Waals surface area (Å²) in [5.74, 6) is 0.0475. The molecule has 0 aromatic heterocycles. The fraction of sp³-hybridized carbons (Fsp3) is 0.409. The molecule has 1 aliphatic heterocycles. The lowest BCUT2D eigenvalue weighted by Gasteiger charge is -2.28. The Balaban J connectivity index is 1.59. The molecule has 0 bridgehead atoms. The Morgan fingerprint density at radius 2 is 1.73 bits per heavy atom. The second kappa shape index (κ2) is 9.20. The van der Waals surface area contributed by atoms with E-state index in [9.17, 15) is 4.79 Å². The number of rotatable bonds is 7. The number of hydrogen-bond donors (Lipinski definition) is 1. The van der Waals surface area contributed by atoms with Crippen LogP contribution in [0.4, 0.5) is 0 Å². The van der Waals surface area contributed by atoms with Gasteiger partial charge in [-0.05, 0) is 55.6 Å². The highest BCUT2D eigenvalue weighted by Gasteiger charge is 2.24. The van der Waals surface area contributed by atoms with E-state index in [1.54, 1.807) is 0 Å². The number of hydrogen-bond acceptors (Lipinski definition) is 2. The molecule has 0 saturated carbocycles. The minimum atomic E-state index is -0.0637. The van der Waals surface area contributed by atoms with E-state index >= 15 is 0 Å². The van der Waals surface area contributed by atoms with Gasteiger partial charge >= 0.3 is 0 Å². The van der Waals surface area contributed by atoms with Crippen molar-refractivity contribution < 1.29 is 4.79 Å². The molecule has 2 aromatic rings. The predicted octanol–water partition coefficient (Wildman–Crippen LogP) is 4.47. The Bertz CT molecular complexity index is 696. The third kappa shape index (κ3) is 5.09. The molecule has 0 radical (unpaired) electrons. The number of benzene rings is 2. The summed E-state index contributed by atoms with van der Waals surface area (Å²) in [5, 5.41) is 3.91. The summed E-state index contributed by atoms with van der Waals surface area (Å²) in [6.45, 7) is 4.86. The number of likely N-dealkylation sites (tertiary alicyclic amines) is 1. The van der Waals surface area contributed by atoms with Gasteiger partial charge in [-0.15, -0.1) is 0 Å². The van der Waals surface area contributed by atoms with Crippen molar-refractivity contribution in [3.05, 3.63) is 70.7 Å². The van der Waals surface area contributed by atoms with E-state index in [0.29, 0.717) is 6.54 Å². The molecule has 26 heavy (non-hydrogen) atoms. The SMILES string of the molecule is CC(Cc1ccc(Cl)cc1)C(=O)NCC(c1ccccc1)N1CCCC1. The highest BCUT2D eigenvalue weighted by molar-refractivity contribution is 6.30. The van der Waals surface area contributed by atoms with Crippen molar-refractivity contribution in [1.82, 2.24) is 10.2 Å². The lowest BCUT2D eigenvalue weighted by molar-refractivity contribution is -0.124. The van der Waals surface area contributed by atoms with Crippen LogP contribution in [-0.2, 0) is 11.2 Å². The highest BCUT2D eigenvalue weighted by atomic mass is 35.5. The Kier molecular flexibility index (Phi) is 6.70. The fourth-order valence-electron chi connectivity index (χ4n) is 3.62. The van der Waals surface area contributed by atoms with Crippen LogP contribution >= 0.6 is 11.6 Å². The van der Waals surface area contributed by atoms with Crippen LogP contribution in [0.25, 0.3) is 0 Å². The van der Waals surface area contributed by atoms with E-state index in [2.05, 4.69) is 34.5 Å². The van der Waals surface area contributed by atoms with Gasteiger partial charge in [-0.1, -0.05) is 61.0 Å². The average molecular weight is 371 g/mol. The first kappa shape index (κ1) is 18.9. The summed E-state index contributed by atoms with van der Waals surface area (Å²) in [6, 6.07) is 18.5. The van der Waals surface area contributed by atoms with E-state index in [0.717, 1.165) is 30.1 Å². The normalized spacial score (nSPS) is 17.0. The van der Waals surface area contributed by atoms with Crippen LogP contribution in [-0.4, -0.2) is 30.4 Å². The number of carbonyl (C=O) groups excluding carboxylic acids is 1. The zero-order chi connectivity index (χ0) is 18.4. The fourth-order valence-corrected chi connectivity index (χ4v) is 3.75. The first-order chi connectivity index (χ1) is 12.6. The largest absolute Gasteiger partial charge is 0.354 e. The maximum absolute atomic E-state index is 12.6. The van der Waals surface area contributed by atoms with E-state index in [4.69, 9.17) is 11.6 Å². The van der Waals surface area contributed by atoms with Crippen molar-refractivity contribution in [3.8, 4) is 0 Å². The van der Waals surface area contributed by atoms with Gasteiger partial charge in [0.1, 0.15) is 0 Å². The zero-order valence-corrected chi connectivity index (χ0v) is 16.1. The summed E-state index contributed by atoms with van der Waals surface area (Å²) in [6.07, 6.45) is 3.21. The molecule has 0 aliphatic carbocycles. The van der Waals surface area contributed by atoms with Crippen LogP contribution in [0.2, 0.25) is 5.02 Å². The Morgan fingerprint density at radius 3 is 2.38 bits per heavy atom. The number of nitrogens with one attached hydrogen (secondary N) is 1. The van der Waals surface area contributed by atoms with E-state index < -0.39 is 0 Å². The molecule has 3 rings (SSSR count). The molecule has 1 aliphatic rings. The standard InChI is InChI=1S/C22H27ClN2O/c1-17(15-18-9-11-20(23)12-10-18)22(26)24-16-21(25-13-5-6-14-25)19-7-3-2-4-8-19/h2-4,7-12,17,21H,5-6,13-16H2,1H3,(H,24,26). The molecule has 2 aromatic carbocycles. The summed E-state index contributed by atoms with van der Waals surface area (Å²) in [5.41, 5.74) is 2.41. The van der Waals surface area contributed by atoms with Gasteiger partial charge in [-0.3, -0.25) is 9.69 Å². The number of amides is 1. The molecular weight excluding hydrogens is 344 g/mol. The van der Waals surface area contributed by atoms with Crippen molar-refractivity contribution in [2.75, 3.05) is 19.6 Å². The quantitative estimate of drug-likeness (QED) is 0.779. The monoisotopic (exact) mass is 370 g/mol. The van der Waals surface area contributed by atoms with Crippen molar-refractivity contribution >= 4 is 17.5 Å². The molecule has 2 unspecified atom stereocenters. The Labute approximate surface area is 161 Å². The minimum absolute atomic E-state index is 0.0637. The number of carbonyl (C=O) groups is 1. The molecule has 1 heterocycles. The predicted molar refractivity (Wildman–Crippen MR) is 107 cm³/mol. The topological polar surface area (TPSA) is 32.3 Å². The van der Waals surface area contributed by atoms with Gasteiger partial charge in [-0.25, -0.2) is 0 Å². The molecule has 1 amide bonds. The van der Waals surface area contributed by atoms with E-state index in [1.807, 2.05) is 37.3 Å². The molecule has 138 valence electrons. The zero-order valence-electron chi connectivity index (χ0n) is 15.3. The molecule has 1 saturated heterocycles. The maximum Gasteiger partial charge on any atom is 0.223 e. The smallest absolute Gasteiger partial charge is 0.223 e. The summed E-state index contributed by atoms with van der Waals surface area (Å²) < 4.78 is 0. The van der Waals surface area contributed by atoms with Crippen LogP contribution in [0.5, 0.6) is 0 Å². The van der Waals surface area contributed by atoms with Crippen molar-refractivity contribution in [3.63, 3.8) is 0 Å². The van der Waals surface area contributed by atoms with Crippen LogP contribution in [0.3, 0.4) is 0 Å². The van der Waals surface area contributed by atoms with Crippen molar-refractivity contribution in [2.45, 2.75) is 32.2 Å². The average Bonchev–Trinajstić information content (AvgIpc) is 3.19. The van der Waals surface area contributed by atoms with Gasteiger partial charge in [0.15, 0.2) is 0 Å². The van der Waals surface area contributed by atoms with Crippen LogP contribution < -0.4 is 5.32 Å². The van der Waals surface area contributed by atoms with Gasteiger partial charge in [0.25, 0.3) is 0 Å². The van der Waals surface area contributed by atoms with Gasteiger partial charge in [-0.2, -0.15) is 0 Å². The summed E-state index contributed by atoms with van der Waals surface area (Å²) >= 11 is 5.93. The molecule has 1 fully saturated rings. The van der Waals surface area contributed by atoms with Crippen LogP contribution in [0.15, 0.2) is 54.6 Å². The first-order valence-electron chi connectivity index (χ1n) is 9.44. The van der Waals surface area contributed by atoms with Crippen molar-refractivity contribution in [1.29, 1.82) is 0 Å². The second-order valence-corrected chi connectivity index (χ2v) is 7.58. The summed E-state index contributed by atoms with van der Waals surface area (Å²) in [4.78, 5) is 15.1. The van der Waals surface area contributed by atoms with Gasteiger partial charge in [0.2, 0.25) is 5.91 Å². The molecule has 0 spiro atoms. The summed E-state index contributed by atoms with van der Waals surface area (Å²) in [7, 11) is 0. The van der Waals surface area contributed by atoms with Gasteiger partial charge < -0.3 is 5.32 Å². The van der Waals surface area contributed by atoms with E-state index in [-0.39, 0.29) is 17.9 Å². The maximum atomic E-state index is 12.6. The molecular formula is C22H27ClN2O. The Morgan fingerprint density at radius 1 is 1.08 bits per heavy atom. The lowest BCUT2D eigenvalue weighted by Crippen LogP contribution is -2.39. The molecule has 2 atom stereocenters. The van der Waals surface area contributed by atoms with E-state index in [1.165, 1.54) is 18.4 Å². The Hall–Kier alpha value is -1.84. The number of halogens is 1. The van der Waals surface area contributed by atoms with Crippen LogP contribution in [0.1, 0.15) is 36.9 Å². The third-order valence-electron chi connectivity index (χ3n) is 5.14. The molecule has 4 heteroatoms. The minimum Gasteiger partial charge on any atom is -0.354 e. The lowest BCUT2D eigenvalue weighted by atomic mass is 10.00. The van der Waals surface area contributed by atoms with Gasteiger partial charge in [0, 0.05) is 17.5 Å². The highest BCUT2D eigenvalue weighted by Crippen LogP contribution is 2.24. The molecule has 3 nitrogen and oxygen atoms in total. The van der Waals surface area contributed by atoms with Crippen molar-refractivity contribution in [2.24, 2.45) is 5.92 Å². The first-order valence-corrected chi connectivity index (χ1v) is 9.82. The molecule has 1 N–H and O–H groups in total.